The van der Waals surface area contributed by atoms with Gasteiger partial charge in [-0.25, -0.2) is 4.68 Å². The molecule has 0 amide bonds. The van der Waals surface area contributed by atoms with E-state index in [2.05, 4.69) is 5.10 Å². The summed E-state index contributed by atoms with van der Waals surface area (Å²) in [5, 5.41) is 4.05. The maximum atomic E-state index is 5.15. The van der Waals surface area contributed by atoms with Gasteiger partial charge in [0.05, 0.1) is 6.61 Å². The summed E-state index contributed by atoms with van der Waals surface area (Å²) in [5.74, 6) is 0. The van der Waals surface area contributed by atoms with E-state index in [1.54, 1.807) is 0 Å². The minimum Gasteiger partial charge on any atom is -0.359 e. The zero-order valence-corrected chi connectivity index (χ0v) is 5.08. The SMILES string of the molecule is c1cc2n(n1)COCC2. The molecule has 0 spiro atoms. The van der Waals surface area contributed by atoms with E-state index < -0.39 is 0 Å². The highest BCUT2D eigenvalue weighted by Gasteiger charge is 2.06. The van der Waals surface area contributed by atoms with Gasteiger partial charge in [-0.2, -0.15) is 5.10 Å². The van der Waals surface area contributed by atoms with Crippen molar-refractivity contribution in [2.24, 2.45) is 0 Å². The molecule has 3 heteroatoms. The molecule has 0 radical (unpaired) electrons. The maximum absolute atomic E-state index is 5.15. The van der Waals surface area contributed by atoms with Gasteiger partial charge >= 0.3 is 0 Å². The molecule has 0 aromatic carbocycles. The van der Waals surface area contributed by atoms with Crippen molar-refractivity contribution in [2.45, 2.75) is 13.2 Å². The first-order valence-corrected chi connectivity index (χ1v) is 3.05. The van der Waals surface area contributed by atoms with Crippen molar-refractivity contribution in [3.05, 3.63) is 18.0 Å². The van der Waals surface area contributed by atoms with Crippen molar-refractivity contribution in [3.8, 4) is 0 Å². The fourth-order valence-corrected chi connectivity index (χ4v) is 1.02. The molecule has 0 aliphatic carbocycles. The molecule has 0 bridgehead atoms. The molecule has 48 valence electrons. The van der Waals surface area contributed by atoms with Crippen LogP contribution in [-0.2, 0) is 17.9 Å². The highest BCUT2D eigenvalue weighted by atomic mass is 16.5. The van der Waals surface area contributed by atoms with E-state index in [-0.39, 0.29) is 0 Å². The van der Waals surface area contributed by atoms with Crippen molar-refractivity contribution >= 4 is 0 Å². The predicted molar refractivity (Wildman–Crippen MR) is 31.9 cm³/mol. The monoisotopic (exact) mass is 124 g/mol. The summed E-state index contributed by atoms with van der Waals surface area (Å²) in [5.41, 5.74) is 1.28. The summed E-state index contributed by atoms with van der Waals surface area (Å²) >= 11 is 0. The van der Waals surface area contributed by atoms with E-state index in [0.29, 0.717) is 6.73 Å². The molecule has 3 nitrogen and oxygen atoms in total. The van der Waals surface area contributed by atoms with Crippen LogP contribution in [0.4, 0.5) is 0 Å². The molecular weight excluding hydrogens is 116 g/mol. The van der Waals surface area contributed by atoms with Gasteiger partial charge in [0.1, 0.15) is 6.73 Å². The van der Waals surface area contributed by atoms with Gasteiger partial charge < -0.3 is 4.74 Å². The molecule has 0 fully saturated rings. The number of fused-ring (bicyclic) bond motifs is 1. The standard InChI is InChI=1S/C6H8N2O/c1-3-7-8-5-9-4-2-6(1)8/h1,3H,2,4-5H2. The third kappa shape index (κ3) is 0.733. The van der Waals surface area contributed by atoms with E-state index in [1.165, 1.54) is 5.69 Å². The number of aromatic nitrogens is 2. The van der Waals surface area contributed by atoms with Crippen LogP contribution in [0.25, 0.3) is 0 Å². The van der Waals surface area contributed by atoms with Crippen molar-refractivity contribution in [2.75, 3.05) is 6.61 Å². The van der Waals surface area contributed by atoms with Crippen LogP contribution in [0.5, 0.6) is 0 Å². The summed E-state index contributed by atoms with van der Waals surface area (Å²) in [4.78, 5) is 0. The second-order valence-electron chi connectivity index (χ2n) is 2.11. The molecule has 0 unspecified atom stereocenters. The first-order valence-electron chi connectivity index (χ1n) is 3.05. The Balaban J connectivity index is 2.39. The quantitative estimate of drug-likeness (QED) is 0.501. The summed E-state index contributed by atoms with van der Waals surface area (Å²) in [6.07, 6.45) is 2.81. The van der Waals surface area contributed by atoms with Crippen LogP contribution in [0, 0.1) is 0 Å². The molecule has 0 atom stereocenters. The minimum absolute atomic E-state index is 0.627. The predicted octanol–water partition coefficient (Wildman–Crippen LogP) is 0.413. The third-order valence-electron chi connectivity index (χ3n) is 1.52. The molecule has 0 saturated carbocycles. The van der Waals surface area contributed by atoms with Crippen LogP contribution in [0.15, 0.2) is 12.3 Å². The van der Waals surface area contributed by atoms with Crippen LogP contribution in [0.3, 0.4) is 0 Å². The Kier molecular flexibility index (Phi) is 1.02. The second kappa shape index (κ2) is 1.84. The van der Waals surface area contributed by atoms with Crippen molar-refractivity contribution in [3.63, 3.8) is 0 Å². The van der Waals surface area contributed by atoms with Crippen LogP contribution >= 0.6 is 0 Å². The summed E-state index contributed by atoms with van der Waals surface area (Å²) in [7, 11) is 0. The molecule has 1 aliphatic rings. The van der Waals surface area contributed by atoms with E-state index in [4.69, 9.17) is 4.74 Å². The van der Waals surface area contributed by atoms with Crippen molar-refractivity contribution < 1.29 is 4.74 Å². The van der Waals surface area contributed by atoms with Crippen LogP contribution in [0.2, 0.25) is 0 Å². The van der Waals surface area contributed by atoms with Crippen LogP contribution < -0.4 is 0 Å². The average molecular weight is 124 g/mol. The molecule has 1 aromatic heterocycles. The van der Waals surface area contributed by atoms with Crippen LogP contribution in [-0.4, -0.2) is 16.4 Å². The Hall–Kier alpha value is -0.830. The normalized spacial score (nSPS) is 17.3. The zero-order chi connectivity index (χ0) is 6.10. The molecule has 0 N–H and O–H groups in total. The maximum Gasteiger partial charge on any atom is 0.139 e. The first kappa shape index (κ1) is 4.99. The lowest BCUT2D eigenvalue weighted by Gasteiger charge is -2.12. The van der Waals surface area contributed by atoms with Gasteiger partial charge in [0.15, 0.2) is 0 Å². The Labute approximate surface area is 53.2 Å². The summed E-state index contributed by atoms with van der Waals surface area (Å²) < 4.78 is 7.03. The topological polar surface area (TPSA) is 27.1 Å². The first-order chi connectivity index (χ1) is 4.47. The van der Waals surface area contributed by atoms with Gasteiger partial charge in [-0.15, -0.1) is 0 Å². The highest BCUT2D eigenvalue weighted by Crippen LogP contribution is 2.05. The number of hydrogen-bond acceptors (Lipinski definition) is 2. The molecular formula is C6H8N2O. The van der Waals surface area contributed by atoms with Crippen molar-refractivity contribution in [1.82, 2.24) is 9.78 Å². The number of rotatable bonds is 0. The van der Waals surface area contributed by atoms with Gasteiger partial charge in [0.25, 0.3) is 0 Å². The van der Waals surface area contributed by atoms with E-state index in [0.717, 1.165) is 13.0 Å². The van der Waals surface area contributed by atoms with E-state index >= 15 is 0 Å². The summed E-state index contributed by atoms with van der Waals surface area (Å²) in [6, 6.07) is 2.03. The number of nitrogens with zero attached hydrogens (tertiary/aromatic N) is 2. The molecule has 0 saturated heterocycles. The third-order valence-corrected chi connectivity index (χ3v) is 1.52. The lowest BCUT2D eigenvalue weighted by Crippen LogP contribution is -2.16. The molecule has 1 aromatic rings. The van der Waals surface area contributed by atoms with Crippen molar-refractivity contribution in [1.29, 1.82) is 0 Å². The Morgan fingerprint density at radius 1 is 1.67 bits per heavy atom. The number of ether oxygens (including phenoxy) is 1. The smallest absolute Gasteiger partial charge is 0.139 e. The fraction of sp³-hybridized carbons (Fsp3) is 0.500. The fourth-order valence-electron chi connectivity index (χ4n) is 1.02. The average Bonchev–Trinajstić information content (AvgIpc) is 2.33. The Morgan fingerprint density at radius 3 is 3.56 bits per heavy atom. The molecule has 9 heavy (non-hydrogen) atoms. The zero-order valence-electron chi connectivity index (χ0n) is 5.08. The number of hydrogen-bond donors (Lipinski definition) is 0. The summed E-state index contributed by atoms with van der Waals surface area (Å²) in [6.45, 7) is 1.47. The van der Waals surface area contributed by atoms with Crippen LogP contribution in [0.1, 0.15) is 5.69 Å². The van der Waals surface area contributed by atoms with Gasteiger partial charge in [0.2, 0.25) is 0 Å². The largest absolute Gasteiger partial charge is 0.359 e. The highest BCUT2D eigenvalue weighted by molar-refractivity contribution is 5.01. The Morgan fingerprint density at radius 2 is 2.67 bits per heavy atom. The Bertz CT molecular complexity index is 186. The lowest BCUT2D eigenvalue weighted by molar-refractivity contribution is 0.0479. The van der Waals surface area contributed by atoms with Gasteiger partial charge in [-0.1, -0.05) is 0 Å². The van der Waals surface area contributed by atoms with E-state index in [9.17, 15) is 0 Å². The van der Waals surface area contributed by atoms with E-state index in [1.807, 2.05) is 16.9 Å². The molecule has 2 heterocycles. The van der Waals surface area contributed by atoms with Gasteiger partial charge in [-0.3, -0.25) is 0 Å². The molecule has 1 aliphatic heterocycles. The van der Waals surface area contributed by atoms with Gasteiger partial charge in [0, 0.05) is 18.3 Å². The lowest BCUT2D eigenvalue weighted by atomic mass is 10.3. The second-order valence-corrected chi connectivity index (χ2v) is 2.11. The van der Waals surface area contributed by atoms with Gasteiger partial charge in [-0.05, 0) is 6.07 Å². The molecule has 2 rings (SSSR count). The minimum atomic E-state index is 0.627.